The molecule has 2 heterocycles. The molecule has 0 bridgehead atoms. The number of amides is 1. The number of fused-ring (bicyclic) bond motifs is 1. The highest BCUT2D eigenvalue weighted by Crippen LogP contribution is 2.26. The second-order valence-electron chi connectivity index (χ2n) is 5.87. The Bertz CT molecular complexity index is 884. The van der Waals surface area contributed by atoms with Crippen LogP contribution in [0.5, 0.6) is 0 Å². The van der Waals surface area contributed by atoms with E-state index in [0.29, 0.717) is 22.0 Å². The summed E-state index contributed by atoms with van der Waals surface area (Å²) in [4.78, 5) is 26.1. The van der Waals surface area contributed by atoms with Crippen LogP contribution in [0.25, 0.3) is 0 Å². The smallest absolute Gasteiger partial charge is 0.257 e. The number of hydrogen-bond donors (Lipinski definition) is 2. The van der Waals surface area contributed by atoms with Gasteiger partial charge in [-0.1, -0.05) is 15.9 Å². The number of pyridine rings is 1. The van der Waals surface area contributed by atoms with Crippen LogP contribution in [0.4, 0.5) is 10.1 Å². The van der Waals surface area contributed by atoms with Gasteiger partial charge in [-0.3, -0.25) is 9.59 Å². The van der Waals surface area contributed by atoms with E-state index in [2.05, 4.69) is 21.2 Å². The normalized spacial score (nSPS) is 16.7. The molecule has 1 aromatic carbocycles. The van der Waals surface area contributed by atoms with E-state index in [1.54, 1.807) is 19.2 Å². The molecule has 0 radical (unpaired) electrons. The van der Waals surface area contributed by atoms with Crippen LogP contribution in [0, 0.1) is 5.82 Å². The van der Waals surface area contributed by atoms with E-state index >= 15 is 0 Å². The summed E-state index contributed by atoms with van der Waals surface area (Å²) >= 11 is 3.20. The van der Waals surface area contributed by atoms with Gasteiger partial charge in [0.1, 0.15) is 12.0 Å². The zero-order valence-electron chi connectivity index (χ0n) is 13.5. The molecule has 0 spiro atoms. The maximum atomic E-state index is 14.1. The zero-order chi connectivity index (χ0) is 18.1. The molecular formula is C17H17BrFN3O3. The fourth-order valence-electron chi connectivity index (χ4n) is 2.93. The lowest BCUT2D eigenvalue weighted by Crippen LogP contribution is -2.51. The molecule has 0 aliphatic carbocycles. The van der Waals surface area contributed by atoms with E-state index in [0.717, 1.165) is 0 Å². The Morgan fingerprint density at radius 2 is 2.12 bits per heavy atom. The first-order chi connectivity index (χ1) is 11.9. The van der Waals surface area contributed by atoms with Gasteiger partial charge < -0.3 is 19.9 Å². The molecule has 0 saturated heterocycles. The van der Waals surface area contributed by atoms with Crippen molar-refractivity contribution < 1.29 is 14.3 Å². The molecule has 1 unspecified atom stereocenters. The van der Waals surface area contributed by atoms with Gasteiger partial charge in [0.25, 0.3) is 11.5 Å². The van der Waals surface area contributed by atoms with Gasteiger partial charge in [-0.05, 0) is 23.8 Å². The molecule has 1 aliphatic heterocycles. The van der Waals surface area contributed by atoms with E-state index in [1.165, 1.54) is 27.8 Å². The van der Waals surface area contributed by atoms with Gasteiger partial charge in [-0.25, -0.2) is 4.39 Å². The minimum atomic E-state index is -0.560. The van der Waals surface area contributed by atoms with Crippen molar-refractivity contribution in [2.24, 2.45) is 7.05 Å². The molecule has 2 N–H and O–H groups in total. The summed E-state index contributed by atoms with van der Waals surface area (Å²) < 4.78 is 16.1. The molecule has 1 aromatic heterocycles. The monoisotopic (exact) mass is 409 g/mol. The standard InChI is InChI=1S/C17H17BrFN3O3/c1-21-9-12-10(7-16(21)24)6-15(22(4-5-23)17(12)25)20-14-3-2-11(18)8-13(14)19/h2-3,7-9,15,20,23H,4-6H2,1H3. The average Bonchev–Trinajstić information content (AvgIpc) is 2.56. The SMILES string of the molecule is Cn1cc2c(cc1=O)CC(Nc1ccc(Br)cc1F)N(CCO)C2=O. The minimum Gasteiger partial charge on any atom is -0.395 e. The summed E-state index contributed by atoms with van der Waals surface area (Å²) in [6.07, 6.45) is 1.28. The van der Waals surface area contributed by atoms with Crippen LogP contribution in [0.3, 0.4) is 0 Å². The number of carbonyl (C=O) groups excluding carboxylic acids is 1. The Balaban J connectivity index is 1.98. The number of aliphatic hydroxyl groups excluding tert-OH is 1. The molecule has 8 heteroatoms. The lowest BCUT2D eigenvalue weighted by molar-refractivity contribution is 0.0630. The zero-order valence-corrected chi connectivity index (χ0v) is 15.1. The van der Waals surface area contributed by atoms with Gasteiger partial charge in [0, 0.05) is 36.7 Å². The number of rotatable bonds is 4. The number of hydrogen-bond acceptors (Lipinski definition) is 4. The van der Waals surface area contributed by atoms with Crippen LogP contribution in [0.1, 0.15) is 15.9 Å². The van der Waals surface area contributed by atoms with E-state index in [-0.39, 0.29) is 30.3 Å². The highest BCUT2D eigenvalue weighted by Gasteiger charge is 2.33. The fourth-order valence-corrected chi connectivity index (χ4v) is 3.26. The first-order valence-corrected chi connectivity index (χ1v) is 8.53. The average molecular weight is 410 g/mol. The Morgan fingerprint density at radius 1 is 1.36 bits per heavy atom. The van der Waals surface area contributed by atoms with E-state index < -0.39 is 12.0 Å². The van der Waals surface area contributed by atoms with Crippen LogP contribution in [0.2, 0.25) is 0 Å². The molecule has 1 aliphatic rings. The highest BCUT2D eigenvalue weighted by atomic mass is 79.9. The highest BCUT2D eigenvalue weighted by molar-refractivity contribution is 9.10. The quantitative estimate of drug-likeness (QED) is 0.805. The number of nitrogens with zero attached hydrogens (tertiary/aromatic N) is 2. The van der Waals surface area contributed by atoms with Gasteiger partial charge >= 0.3 is 0 Å². The lowest BCUT2D eigenvalue weighted by Gasteiger charge is -2.37. The molecule has 25 heavy (non-hydrogen) atoms. The predicted molar refractivity (Wildman–Crippen MR) is 95.0 cm³/mol. The van der Waals surface area contributed by atoms with Crippen molar-refractivity contribution in [1.82, 2.24) is 9.47 Å². The van der Waals surface area contributed by atoms with Crippen molar-refractivity contribution in [3.63, 3.8) is 0 Å². The van der Waals surface area contributed by atoms with Gasteiger partial charge in [0.05, 0.1) is 17.9 Å². The number of carbonyl (C=O) groups is 1. The summed E-state index contributed by atoms with van der Waals surface area (Å²) in [5.74, 6) is -0.763. The van der Waals surface area contributed by atoms with Crippen molar-refractivity contribution in [3.8, 4) is 0 Å². The van der Waals surface area contributed by atoms with Crippen molar-refractivity contribution in [2.45, 2.75) is 12.6 Å². The molecule has 0 fully saturated rings. The number of aliphatic hydroxyl groups is 1. The summed E-state index contributed by atoms with van der Waals surface area (Å²) in [5, 5.41) is 12.3. The van der Waals surface area contributed by atoms with Gasteiger partial charge in [0.2, 0.25) is 0 Å². The van der Waals surface area contributed by atoms with Gasteiger partial charge in [-0.15, -0.1) is 0 Å². The molecule has 1 atom stereocenters. The second kappa shape index (κ2) is 6.97. The fraction of sp³-hybridized carbons (Fsp3) is 0.294. The number of β-amino-alcohol motifs (C(OH)–C–C–N with tert-alkyl or cyclic N) is 1. The maximum absolute atomic E-state index is 14.1. The minimum absolute atomic E-state index is 0.108. The third kappa shape index (κ3) is 3.45. The van der Waals surface area contributed by atoms with Gasteiger partial charge in [-0.2, -0.15) is 0 Å². The molecule has 0 saturated carbocycles. The topological polar surface area (TPSA) is 74.6 Å². The van der Waals surface area contributed by atoms with Crippen molar-refractivity contribution in [3.05, 3.63) is 62.2 Å². The van der Waals surface area contributed by atoms with Crippen molar-refractivity contribution in [1.29, 1.82) is 0 Å². The Kier molecular flexibility index (Phi) is 4.91. The largest absolute Gasteiger partial charge is 0.395 e. The van der Waals surface area contributed by atoms with E-state index in [1.807, 2.05) is 0 Å². The van der Waals surface area contributed by atoms with Crippen molar-refractivity contribution in [2.75, 3.05) is 18.5 Å². The Morgan fingerprint density at radius 3 is 2.80 bits per heavy atom. The summed E-state index contributed by atoms with van der Waals surface area (Å²) in [6, 6.07) is 6.01. The number of benzene rings is 1. The summed E-state index contributed by atoms with van der Waals surface area (Å²) in [6.45, 7) is -0.106. The van der Waals surface area contributed by atoms with E-state index in [9.17, 15) is 19.1 Å². The van der Waals surface area contributed by atoms with Crippen molar-refractivity contribution >= 4 is 27.5 Å². The summed E-state index contributed by atoms with van der Waals surface area (Å²) in [7, 11) is 1.58. The Hall–Kier alpha value is -2.19. The third-order valence-corrected chi connectivity index (χ3v) is 4.68. The molecule has 2 aromatic rings. The second-order valence-corrected chi connectivity index (χ2v) is 6.79. The third-order valence-electron chi connectivity index (χ3n) is 4.19. The number of halogens is 2. The number of nitrogens with one attached hydrogen (secondary N) is 1. The molecular weight excluding hydrogens is 393 g/mol. The number of aromatic nitrogens is 1. The molecule has 1 amide bonds. The molecule has 132 valence electrons. The first kappa shape index (κ1) is 17.6. The van der Waals surface area contributed by atoms with Crippen LogP contribution in [0.15, 0.2) is 39.7 Å². The number of anilines is 1. The maximum Gasteiger partial charge on any atom is 0.257 e. The number of aryl methyl sites for hydroxylation is 1. The molecule has 3 rings (SSSR count). The summed E-state index contributed by atoms with van der Waals surface area (Å²) in [5.41, 5.74) is 1.06. The van der Waals surface area contributed by atoms with Crippen LogP contribution >= 0.6 is 15.9 Å². The van der Waals surface area contributed by atoms with Crippen LogP contribution in [-0.4, -0.2) is 39.8 Å². The van der Waals surface area contributed by atoms with Gasteiger partial charge in [0.15, 0.2) is 0 Å². The van der Waals surface area contributed by atoms with Crippen LogP contribution < -0.4 is 10.9 Å². The van der Waals surface area contributed by atoms with E-state index in [4.69, 9.17) is 0 Å². The van der Waals surface area contributed by atoms with Crippen LogP contribution in [-0.2, 0) is 13.5 Å². The predicted octanol–water partition coefficient (Wildman–Crippen LogP) is 1.72. The Labute approximate surface area is 152 Å². The lowest BCUT2D eigenvalue weighted by atomic mass is 9.98. The molecule has 6 nitrogen and oxygen atoms in total. The first-order valence-electron chi connectivity index (χ1n) is 7.73.